The number of likely N-dealkylation sites (tertiary alicyclic amines) is 1. The zero-order valence-electron chi connectivity index (χ0n) is 22.0. The maximum Gasteiger partial charge on any atom is 0.166 e. The molecule has 200 valence electrons. The molecule has 6 atom stereocenters. The number of aliphatic hydroxyl groups is 1. The molecule has 2 saturated heterocycles. The van der Waals surface area contributed by atoms with Crippen LogP contribution < -0.4 is 14.4 Å². The van der Waals surface area contributed by atoms with Gasteiger partial charge in [-0.25, -0.2) is 0 Å². The van der Waals surface area contributed by atoms with Crippen LogP contribution in [0.4, 0.5) is 5.69 Å². The van der Waals surface area contributed by atoms with Gasteiger partial charge in [0.15, 0.2) is 11.5 Å². The van der Waals surface area contributed by atoms with E-state index in [0.717, 1.165) is 43.6 Å². The number of anilines is 1. The van der Waals surface area contributed by atoms with Crippen molar-refractivity contribution in [1.82, 2.24) is 9.80 Å². The van der Waals surface area contributed by atoms with Crippen LogP contribution in [0.15, 0.2) is 48.6 Å². The second-order valence-corrected chi connectivity index (χ2v) is 13.6. The first-order chi connectivity index (χ1) is 18.5. The molecular formula is C31H36IN3O3. The number of hydrogen-bond donors (Lipinski definition) is 1. The normalized spacial score (nSPS) is 36.4. The Morgan fingerprint density at radius 1 is 1.13 bits per heavy atom. The largest absolute Gasteiger partial charge is 0.493 e. The number of methoxy groups -OCH3 is 1. The van der Waals surface area contributed by atoms with E-state index in [2.05, 4.69) is 79.8 Å². The summed E-state index contributed by atoms with van der Waals surface area (Å²) in [4.78, 5) is 8.10. The smallest absolute Gasteiger partial charge is 0.166 e. The van der Waals surface area contributed by atoms with Crippen LogP contribution in [0.3, 0.4) is 0 Å². The molecular weight excluding hydrogens is 589 g/mol. The van der Waals surface area contributed by atoms with Gasteiger partial charge < -0.3 is 19.5 Å². The molecule has 4 heterocycles. The molecule has 0 aromatic heterocycles. The SMILES string of the molecule is COc1ccc2c3c1OC1CC(O)C=CC31CCN(CCCN1CC3N(c4ccc(I)cc4)CC34CC14)C2. The monoisotopic (exact) mass is 625 g/mol. The van der Waals surface area contributed by atoms with Gasteiger partial charge in [-0.05, 0) is 97.4 Å². The van der Waals surface area contributed by atoms with Crippen molar-refractivity contribution in [1.29, 1.82) is 0 Å². The first kappa shape index (κ1) is 24.0. The van der Waals surface area contributed by atoms with Gasteiger partial charge in [0.25, 0.3) is 0 Å². The fraction of sp³-hybridized carbons (Fsp3) is 0.548. The van der Waals surface area contributed by atoms with Crippen molar-refractivity contribution >= 4 is 28.3 Å². The van der Waals surface area contributed by atoms with E-state index in [-0.39, 0.29) is 11.5 Å². The van der Waals surface area contributed by atoms with Gasteiger partial charge in [-0.2, -0.15) is 0 Å². The number of rotatable bonds is 6. The number of ether oxygens (including phenoxy) is 2. The highest BCUT2D eigenvalue weighted by Gasteiger charge is 2.73. The summed E-state index contributed by atoms with van der Waals surface area (Å²) < 4.78 is 13.5. The Hall–Kier alpha value is -1.81. The third-order valence-corrected chi connectivity index (χ3v) is 11.3. The van der Waals surface area contributed by atoms with Crippen LogP contribution >= 0.6 is 22.6 Å². The zero-order valence-corrected chi connectivity index (χ0v) is 24.1. The summed E-state index contributed by atoms with van der Waals surface area (Å²) in [5.41, 5.74) is 4.49. The summed E-state index contributed by atoms with van der Waals surface area (Å²) in [6.45, 7) is 6.78. The van der Waals surface area contributed by atoms with Gasteiger partial charge in [-0.15, -0.1) is 0 Å². The van der Waals surface area contributed by atoms with E-state index in [1.807, 2.05) is 6.08 Å². The number of benzene rings is 2. The lowest BCUT2D eigenvalue weighted by molar-refractivity contribution is 0.0807. The number of piperidine rings is 1. The Labute approximate surface area is 238 Å². The van der Waals surface area contributed by atoms with Crippen LogP contribution in [-0.2, 0) is 12.0 Å². The third kappa shape index (κ3) is 3.40. The average molecular weight is 626 g/mol. The quantitative estimate of drug-likeness (QED) is 0.385. The lowest BCUT2D eigenvalue weighted by Crippen LogP contribution is -2.59. The Kier molecular flexibility index (Phi) is 5.43. The van der Waals surface area contributed by atoms with Crippen molar-refractivity contribution in [3.05, 3.63) is 63.2 Å². The Bertz CT molecular complexity index is 1300. The molecule has 1 N–H and O–H groups in total. The second kappa shape index (κ2) is 8.59. The maximum absolute atomic E-state index is 10.3. The molecule has 6 aliphatic rings. The zero-order chi connectivity index (χ0) is 25.6. The fourth-order valence-electron chi connectivity index (χ4n) is 8.52. The van der Waals surface area contributed by atoms with Gasteiger partial charge in [0, 0.05) is 52.3 Å². The average Bonchev–Trinajstić information content (AvgIpc) is 3.56. The van der Waals surface area contributed by atoms with Crippen LogP contribution in [0.2, 0.25) is 0 Å². The highest BCUT2D eigenvalue weighted by molar-refractivity contribution is 14.1. The molecule has 8 rings (SSSR count). The lowest BCUT2D eigenvalue weighted by atomic mass is 9.69. The minimum atomic E-state index is -0.434. The van der Waals surface area contributed by atoms with Crippen molar-refractivity contribution in [3.63, 3.8) is 0 Å². The van der Waals surface area contributed by atoms with Gasteiger partial charge >= 0.3 is 0 Å². The molecule has 0 bridgehead atoms. The van der Waals surface area contributed by atoms with Crippen molar-refractivity contribution in [2.75, 3.05) is 44.7 Å². The minimum absolute atomic E-state index is 0.0188. The third-order valence-electron chi connectivity index (χ3n) is 10.5. The van der Waals surface area contributed by atoms with E-state index >= 15 is 0 Å². The molecule has 4 aliphatic heterocycles. The van der Waals surface area contributed by atoms with Crippen molar-refractivity contribution in [2.45, 2.75) is 61.9 Å². The number of hydrogen-bond acceptors (Lipinski definition) is 6. The number of nitrogens with zero attached hydrogens (tertiary/aromatic N) is 3. The summed E-state index contributed by atoms with van der Waals surface area (Å²) in [5, 5.41) is 10.3. The van der Waals surface area contributed by atoms with Crippen LogP contribution in [0.25, 0.3) is 0 Å². The molecule has 0 radical (unpaired) electrons. The summed E-state index contributed by atoms with van der Waals surface area (Å²) in [6, 6.07) is 14.9. The molecule has 2 aromatic carbocycles. The van der Waals surface area contributed by atoms with Crippen LogP contribution in [0, 0.1) is 8.99 Å². The van der Waals surface area contributed by atoms with Crippen LogP contribution in [0.5, 0.6) is 11.5 Å². The van der Waals surface area contributed by atoms with E-state index in [4.69, 9.17) is 9.47 Å². The van der Waals surface area contributed by atoms with Gasteiger partial charge in [0.2, 0.25) is 0 Å². The van der Waals surface area contributed by atoms with Crippen molar-refractivity contribution in [3.8, 4) is 11.5 Å². The Balaban J connectivity index is 0.945. The molecule has 2 spiro atoms. The topological polar surface area (TPSA) is 48.4 Å². The van der Waals surface area contributed by atoms with Gasteiger partial charge in [0.05, 0.1) is 24.7 Å². The standard InChI is InChI=1S/C31H36IN3O3/c1-37-24-8-3-20-17-33(14-11-30-10-9-23(36)15-27(30)38-29(24)28(20)30)12-2-13-34-18-26-31(16-25(31)34)19-35(26)22-6-4-21(32)5-7-22/h3-10,23,25-27,36H,2,11-19H2,1H3. The molecule has 0 amide bonds. The van der Waals surface area contributed by atoms with Gasteiger partial charge in [0.1, 0.15) is 6.10 Å². The van der Waals surface area contributed by atoms with E-state index < -0.39 is 6.10 Å². The second-order valence-electron chi connectivity index (χ2n) is 12.4. The van der Waals surface area contributed by atoms with Crippen LogP contribution in [-0.4, -0.2) is 79.0 Å². The number of halogens is 1. The van der Waals surface area contributed by atoms with Crippen LogP contribution in [0.1, 0.15) is 36.8 Å². The molecule has 6 nitrogen and oxygen atoms in total. The van der Waals surface area contributed by atoms with E-state index in [1.165, 1.54) is 52.9 Å². The molecule has 6 unspecified atom stereocenters. The Morgan fingerprint density at radius 2 is 2.00 bits per heavy atom. The van der Waals surface area contributed by atoms with E-state index in [0.29, 0.717) is 17.9 Å². The van der Waals surface area contributed by atoms with E-state index in [1.54, 1.807) is 7.11 Å². The van der Waals surface area contributed by atoms with Gasteiger partial charge in [-0.1, -0.05) is 18.2 Å². The predicted molar refractivity (Wildman–Crippen MR) is 156 cm³/mol. The van der Waals surface area contributed by atoms with Crippen molar-refractivity contribution < 1.29 is 14.6 Å². The maximum atomic E-state index is 10.3. The van der Waals surface area contributed by atoms with Crippen molar-refractivity contribution in [2.24, 2.45) is 5.41 Å². The first-order valence-electron chi connectivity index (χ1n) is 14.2. The lowest BCUT2D eigenvalue weighted by Gasteiger charge is -2.48. The fourth-order valence-corrected chi connectivity index (χ4v) is 8.88. The molecule has 3 fully saturated rings. The predicted octanol–water partition coefficient (Wildman–Crippen LogP) is 4.18. The molecule has 38 heavy (non-hydrogen) atoms. The number of aliphatic hydroxyl groups excluding tert-OH is 1. The first-order valence-corrected chi connectivity index (χ1v) is 15.3. The Morgan fingerprint density at radius 3 is 2.84 bits per heavy atom. The highest BCUT2D eigenvalue weighted by atomic mass is 127. The molecule has 7 heteroatoms. The summed E-state index contributed by atoms with van der Waals surface area (Å²) in [6.07, 6.45) is 8.05. The summed E-state index contributed by atoms with van der Waals surface area (Å²) >= 11 is 2.39. The van der Waals surface area contributed by atoms with Gasteiger partial charge in [-0.3, -0.25) is 9.80 Å². The highest BCUT2D eigenvalue weighted by Crippen LogP contribution is 2.65. The molecule has 2 aromatic rings. The minimum Gasteiger partial charge on any atom is -0.493 e. The summed E-state index contributed by atoms with van der Waals surface area (Å²) in [5.74, 6) is 1.72. The van der Waals surface area contributed by atoms with E-state index in [9.17, 15) is 5.11 Å². The molecule has 2 aliphatic carbocycles. The molecule has 1 saturated carbocycles. The summed E-state index contributed by atoms with van der Waals surface area (Å²) in [7, 11) is 1.72.